The standard InChI is InChI=1S/C14H13ClFNO/c1-9-3-4-10(7-12(9)15)17-11-5-6-14(18-2)13(16)8-11/h3-8,17H,1-2H3. The van der Waals surface area contributed by atoms with E-state index in [2.05, 4.69) is 5.32 Å². The van der Waals surface area contributed by atoms with Gasteiger partial charge in [0.1, 0.15) is 0 Å². The van der Waals surface area contributed by atoms with Crippen LogP contribution in [0.5, 0.6) is 5.75 Å². The van der Waals surface area contributed by atoms with Crippen molar-refractivity contribution in [1.82, 2.24) is 0 Å². The van der Waals surface area contributed by atoms with Gasteiger partial charge >= 0.3 is 0 Å². The van der Waals surface area contributed by atoms with Crippen LogP contribution in [0.25, 0.3) is 0 Å². The molecule has 0 fully saturated rings. The number of anilines is 2. The molecule has 1 N–H and O–H groups in total. The summed E-state index contributed by atoms with van der Waals surface area (Å²) in [5, 5.41) is 3.76. The van der Waals surface area contributed by atoms with Crippen molar-refractivity contribution in [3.05, 3.63) is 52.8 Å². The van der Waals surface area contributed by atoms with Gasteiger partial charge in [-0.15, -0.1) is 0 Å². The van der Waals surface area contributed by atoms with E-state index in [9.17, 15) is 4.39 Å². The van der Waals surface area contributed by atoms with E-state index < -0.39 is 5.82 Å². The molecular weight excluding hydrogens is 253 g/mol. The third kappa shape index (κ3) is 2.74. The summed E-state index contributed by atoms with van der Waals surface area (Å²) in [6.45, 7) is 1.93. The zero-order valence-corrected chi connectivity index (χ0v) is 10.9. The van der Waals surface area contributed by atoms with E-state index in [1.54, 1.807) is 18.2 Å². The maximum Gasteiger partial charge on any atom is 0.167 e. The van der Waals surface area contributed by atoms with Gasteiger partial charge in [0.25, 0.3) is 0 Å². The summed E-state index contributed by atoms with van der Waals surface area (Å²) in [5.41, 5.74) is 2.46. The lowest BCUT2D eigenvalue weighted by molar-refractivity contribution is 0.386. The Morgan fingerprint density at radius 1 is 1.11 bits per heavy atom. The largest absolute Gasteiger partial charge is 0.494 e. The molecule has 2 rings (SSSR count). The summed E-state index contributed by atoms with van der Waals surface area (Å²) in [4.78, 5) is 0. The Balaban J connectivity index is 2.23. The van der Waals surface area contributed by atoms with Crippen LogP contribution in [0.4, 0.5) is 15.8 Å². The smallest absolute Gasteiger partial charge is 0.167 e. The number of hydrogen-bond acceptors (Lipinski definition) is 2. The number of benzene rings is 2. The van der Waals surface area contributed by atoms with Gasteiger partial charge in [0.15, 0.2) is 11.6 Å². The highest BCUT2D eigenvalue weighted by molar-refractivity contribution is 6.31. The summed E-state index contributed by atoms with van der Waals surface area (Å²) in [6, 6.07) is 10.3. The van der Waals surface area contributed by atoms with Crippen LogP contribution in [0.1, 0.15) is 5.56 Å². The van der Waals surface area contributed by atoms with Gasteiger partial charge in [-0.25, -0.2) is 4.39 Å². The summed E-state index contributed by atoms with van der Waals surface area (Å²) in [6.07, 6.45) is 0. The lowest BCUT2D eigenvalue weighted by Crippen LogP contribution is -1.93. The van der Waals surface area contributed by atoms with E-state index in [4.69, 9.17) is 16.3 Å². The molecule has 0 aliphatic carbocycles. The van der Waals surface area contributed by atoms with Crippen LogP contribution in [0.3, 0.4) is 0 Å². The molecule has 0 radical (unpaired) electrons. The average Bonchev–Trinajstić information content (AvgIpc) is 2.34. The van der Waals surface area contributed by atoms with E-state index >= 15 is 0 Å². The molecule has 2 aromatic rings. The second-order valence-electron chi connectivity index (χ2n) is 3.94. The molecule has 0 heterocycles. The molecule has 0 aliphatic rings. The van der Waals surface area contributed by atoms with Gasteiger partial charge in [-0.2, -0.15) is 0 Å². The second kappa shape index (κ2) is 5.27. The van der Waals surface area contributed by atoms with Gasteiger partial charge in [-0.05, 0) is 36.8 Å². The van der Waals surface area contributed by atoms with E-state index in [0.717, 1.165) is 11.3 Å². The molecule has 0 saturated heterocycles. The summed E-state index contributed by atoms with van der Waals surface area (Å²) in [5.74, 6) is -0.178. The van der Waals surface area contributed by atoms with Crippen molar-refractivity contribution >= 4 is 23.0 Å². The Kier molecular flexibility index (Phi) is 3.72. The maximum atomic E-state index is 13.5. The lowest BCUT2D eigenvalue weighted by Gasteiger charge is -2.09. The number of ether oxygens (including phenoxy) is 1. The minimum absolute atomic E-state index is 0.225. The van der Waals surface area contributed by atoms with Crippen molar-refractivity contribution < 1.29 is 9.13 Å². The van der Waals surface area contributed by atoms with Crippen LogP contribution < -0.4 is 10.1 Å². The number of rotatable bonds is 3. The summed E-state index contributed by atoms with van der Waals surface area (Å²) in [7, 11) is 1.44. The Morgan fingerprint density at radius 2 is 1.78 bits per heavy atom. The molecule has 0 aromatic heterocycles. The van der Waals surface area contributed by atoms with Gasteiger partial charge < -0.3 is 10.1 Å². The lowest BCUT2D eigenvalue weighted by atomic mass is 10.2. The Labute approximate surface area is 110 Å². The van der Waals surface area contributed by atoms with Gasteiger partial charge in [0.2, 0.25) is 0 Å². The monoisotopic (exact) mass is 265 g/mol. The van der Waals surface area contributed by atoms with Crippen LogP contribution in [0.2, 0.25) is 5.02 Å². The number of nitrogens with one attached hydrogen (secondary N) is 1. The van der Waals surface area contributed by atoms with Gasteiger partial charge in [-0.3, -0.25) is 0 Å². The SMILES string of the molecule is COc1ccc(Nc2ccc(C)c(Cl)c2)cc1F. The van der Waals surface area contributed by atoms with Gasteiger partial charge in [0.05, 0.1) is 7.11 Å². The zero-order valence-electron chi connectivity index (χ0n) is 10.1. The molecule has 18 heavy (non-hydrogen) atoms. The first kappa shape index (κ1) is 12.7. The molecule has 2 nitrogen and oxygen atoms in total. The zero-order chi connectivity index (χ0) is 13.1. The van der Waals surface area contributed by atoms with E-state index in [-0.39, 0.29) is 5.75 Å². The van der Waals surface area contributed by atoms with Crippen molar-refractivity contribution in [3.63, 3.8) is 0 Å². The van der Waals surface area contributed by atoms with E-state index in [0.29, 0.717) is 10.7 Å². The Hall–Kier alpha value is -1.74. The molecule has 0 saturated carbocycles. The fraction of sp³-hybridized carbons (Fsp3) is 0.143. The fourth-order valence-corrected chi connectivity index (χ4v) is 1.76. The average molecular weight is 266 g/mol. The third-order valence-electron chi connectivity index (χ3n) is 2.61. The quantitative estimate of drug-likeness (QED) is 0.880. The van der Waals surface area contributed by atoms with E-state index in [1.165, 1.54) is 13.2 Å². The molecule has 4 heteroatoms. The first-order valence-electron chi connectivity index (χ1n) is 5.47. The predicted molar refractivity (Wildman–Crippen MR) is 72.4 cm³/mol. The van der Waals surface area contributed by atoms with Crippen LogP contribution in [-0.2, 0) is 0 Å². The van der Waals surface area contributed by atoms with Gasteiger partial charge in [0, 0.05) is 22.5 Å². The third-order valence-corrected chi connectivity index (χ3v) is 3.02. The van der Waals surface area contributed by atoms with E-state index in [1.807, 2.05) is 19.1 Å². The van der Waals surface area contributed by atoms with Gasteiger partial charge in [-0.1, -0.05) is 17.7 Å². The molecule has 0 aliphatic heterocycles. The predicted octanol–water partition coefficient (Wildman–Crippen LogP) is 4.54. The van der Waals surface area contributed by atoms with Crippen LogP contribution in [0.15, 0.2) is 36.4 Å². The van der Waals surface area contributed by atoms with Crippen molar-refractivity contribution in [2.24, 2.45) is 0 Å². The van der Waals surface area contributed by atoms with Crippen molar-refractivity contribution in [2.45, 2.75) is 6.92 Å². The Morgan fingerprint density at radius 3 is 2.39 bits per heavy atom. The molecular formula is C14H13ClFNO. The van der Waals surface area contributed by atoms with Crippen LogP contribution >= 0.6 is 11.6 Å². The number of halogens is 2. The molecule has 2 aromatic carbocycles. The number of hydrogen-bond donors (Lipinski definition) is 1. The molecule has 0 atom stereocenters. The highest BCUT2D eigenvalue weighted by atomic mass is 35.5. The van der Waals surface area contributed by atoms with Crippen molar-refractivity contribution in [1.29, 1.82) is 0 Å². The fourth-order valence-electron chi connectivity index (χ4n) is 1.58. The minimum Gasteiger partial charge on any atom is -0.494 e. The molecule has 0 bridgehead atoms. The number of aryl methyl sites for hydroxylation is 1. The summed E-state index contributed by atoms with van der Waals surface area (Å²) < 4.78 is 18.4. The maximum absolute atomic E-state index is 13.5. The first-order valence-corrected chi connectivity index (χ1v) is 5.84. The minimum atomic E-state index is -0.402. The van der Waals surface area contributed by atoms with Crippen LogP contribution in [-0.4, -0.2) is 7.11 Å². The second-order valence-corrected chi connectivity index (χ2v) is 4.35. The Bertz CT molecular complexity index is 572. The first-order chi connectivity index (χ1) is 8.60. The van der Waals surface area contributed by atoms with Crippen molar-refractivity contribution in [2.75, 3.05) is 12.4 Å². The topological polar surface area (TPSA) is 21.3 Å². The molecule has 0 spiro atoms. The highest BCUT2D eigenvalue weighted by Crippen LogP contribution is 2.26. The normalized spacial score (nSPS) is 10.2. The van der Waals surface area contributed by atoms with Crippen LogP contribution in [0, 0.1) is 12.7 Å². The molecule has 94 valence electrons. The molecule has 0 unspecified atom stereocenters. The number of methoxy groups -OCH3 is 1. The highest BCUT2D eigenvalue weighted by Gasteiger charge is 2.04. The summed E-state index contributed by atoms with van der Waals surface area (Å²) >= 11 is 6.02. The van der Waals surface area contributed by atoms with Crippen molar-refractivity contribution in [3.8, 4) is 5.75 Å². The molecule has 0 amide bonds.